The van der Waals surface area contributed by atoms with Gasteiger partial charge >= 0.3 is 0 Å². The van der Waals surface area contributed by atoms with Crippen molar-refractivity contribution in [3.05, 3.63) is 71.8 Å². The maximum absolute atomic E-state index is 13.5. The first-order chi connectivity index (χ1) is 20.9. The lowest BCUT2D eigenvalue weighted by atomic mass is 9.98. The highest BCUT2D eigenvalue weighted by Gasteiger charge is 2.42. The lowest BCUT2D eigenvalue weighted by Crippen LogP contribution is -2.60. The third-order valence-corrected chi connectivity index (χ3v) is 7.02. The molecule has 4 amide bonds. The van der Waals surface area contributed by atoms with Crippen LogP contribution in [0.25, 0.3) is 0 Å². The number of hydrogen-bond donors (Lipinski definition) is 6. The largest absolute Gasteiger partial charge is 0.387 e. The molecule has 242 valence electrons. The molecule has 12 heteroatoms. The molecular formula is C32H46N4O8. The normalized spacial score (nSPS) is 15.4. The number of benzene rings is 2. The van der Waals surface area contributed by atoms with Gasteiger partial charge in [-0.15, -0.1) is 0 Å². The number of rotatable bonds is 17. The highest BCUT2D eigenvalue weighted by atomic mass is 16.5. The smallest absolute Gasteiger partial charge is 0.252 e. The van der Waals surface area contributed by atoms with Crippen LogP contribution in [-0.2, 0) is 41.9 Å². The quantitative estimate of drug-likeness (QED) is 0.151. The molecule has 0 bridgehead atoms. The van der Waals surface area contributed by atoms with Crippen LogP contribution in [0.15, 0.2) is 60.7 Å². The monoisotopic (exact) mass is 614 g/mol. The van der Waals surface area contributed by atoms with E-state index >= 15 is 0 Å². The summed E-state index contributed by atoms with van der Waals surface area (Å²) in [6.45, 7) is 6.70. The first-order valence-electron chi connectivity index (χ1n) is 14.6. The zero-order chi connectivity index (χ0) is 32.8. The van der Waals surface area contributed by atoms with Crippen molar-refractivity contribution in [2.24, 2.45) is 11.8 Å². The maximum atomic E-state index is 13.5. The Labute approximate surface area is 258 Å². The minimum Gasteiger partial charge on any atom is -0.387 e. The Hall–Kier alpha value is -3.84. The summed E-state index contributed by atoms with van der Waals surface area (Å²) in [5, 5.41) is 33.0. The van der Waals surface area contributed by atoms with Crippen molar-refractivity contribution in [1.29, 1.82) is 0 Å². The van der Waals surface area contributed by atoms with Crippen LogP contribution in [0.1, 0.15) is 38.8 Å². The third-order valence-electron chi connectivity index (χ3n) is 7.02. The predicted molar refractivity (Wildman–Crippen MR) is 164 cm³/mol. The Bertz CT molecular complexity index is 1100. The molecule has 0 radical (unpaired) electrons. The van der Waals surface area contributed by atoms with Crippen molar-refractivity contribution in [1.82, 2.24) is 21.3 Å². The Morgan fingerprint density at radius 1 is 0.591 bits per heavy atom. The van der Waals surface area contributed by atoms with Crippen LogP contribution in [0.3, 0.4) is 0 Å². The highest BCUT2D eigenvalue weighted by Crippen LogP contribution is 2.17. The van der Waals surface area contributed by atoms with Gasteiger partial charge < -0.3 is 41.0 Å². The van der Waals surface area contributed by atoms with Gasteiger partial charge in [0, 0.05) is 14.1 Å². The number of carbonyl (C=O) groups is 4. The molecule has 6 atom stereocenters. The molecule has 0 aliphatic carbocycles. The molecule has 0 aliphatic rings. The molecule has 0 aliphatic heterocycles. The summed E-state index contributed by atoms with van der Waals surface area (Å²) >= 11 is 0. The van der Waals surface area contributed by atoms with Gasteiger partial charge in [0.1, 0.15) is 24.3 Å². The topological polar surface area (TPSA) is 175 Å². The van der Waals surface area contributed by atoms with Gasteiger partial charge in [0.2, 0.25) is 11.8 Å². The Kier molecular flexibility index (Phi) is 14.9. The van der Waals surface area contributed by atoms with Crippen molar-refractivity contribution in [2.45, 2.75) is 77.4 Å². The minimum atomic E-state index is -1.99. The van der Waals surface area contributed by atoms with Gasteiger partial charge in [-0.3, -0.25) is 19.2 Å². The highest BCUT2D eigenvalue weighted by molar-refractivity contribution is 5.91. The zero-order valence-electron chi connectivity index (χ0n) is 26.2. The fourth-order valence-electron chi connectivity index (χ4n) is 4.39. The van der Waals surface area contributed by atoms with E-state index < -0.39 is 60.1 Å². The summed E-state index contributed by atoms with van der Waals surface area (Å²) < 4.78 is 11.7. The number of ether oxygens (including phenoxy) is 2. The fourth-order valence-corrected chi connectivity index (χ4v) is 4.39. The van der Waals surface area contributed by atoms with E-state index in [1.165, 1.54) is 14.1 Å². The molecule has 0 aromatic heterocycles. The second kappa shape index (κ2) is 18.1. The number of nitrogens with one attached hydrogen (secondary N) is 4. The molecule has 0 heterocycles. The van der Waals surface area contributed by atoms with Crippen LogP contribution >= 0.6 is 0 Å². The number of likely N-dealkylation sites (N-methyl/N-ethyl adjacent to an activating group) is 2. The Balaban J connectivity index is 2.42. The van der Waals surface area contributed by atoms with Gasteiger partial charge in [-0.1, -0.05) is 88.4 Å². The van der Waals surface area contributed by atoms with Crippen LogP contribution in [0.5, 0.6) is 0 Å². The van der Waals surface area contributed by atoms with E-state index in [2.05, 4.69) is 21.3 Å². The van der Waals surface area contributed by atoms with Gasteiger partial charge in [0.25, 0.3) is 11.8 Å². The Morgan fingerprint density at radius 3 is 1.18 bits per heavy atom. The summed E-state index contributed by atoms with van der Waals surface area (Å²) in [5.41, 5.74) is 1.36. The summed E-state index contributed by atoms with van der Waals surface area (Å²) in [4.78, 5) is 52.0. The van der Waals surface area contributed by atoms with Gasteiger partial charge in [0.05, 0.1) is 13.2 Å². The third kappa shape index (κ3) is 10.7. The van der Waals surface area contributed by atoms with Crippen molar-refractivity contribution in [3.8, 4) is 0 Å². The van der Waals surface area contributed by atoms with Crippen LogP contribution < -0.4 is 21.3 Å². The molecule has 2 aromatic carbocycles. The van der Waals surface area contributed by atoms with E-state index in [0.717, 1.165) is 0 Å². The number of aliphatic hydroxyl groups excluding tert-OH is 2. The first-order valence-corrected chi connectivity index (χ1v) is 14.6. The van der Waals surface area contributed by atoms with E-state index in [0.29, 0.717) is 11.1 Å². The molecule has 2 aromatic rings. The van der Waals surface area contributed by atoms with Crippen LogP contribution in [-0.4, -0.2) is 84.4 Å². The predicted octanol–water partition coefficient (Wildman–Crippen LogP) is 0.653. The van der Waals surface area contributed by atoms with Crippen LogP contribution in [0.2, 0.25) is 0 Å². The summed E-state index contributed by atoms with van der Waals surface area (Å²) in [7, 11) is 2.87. The minimum absolute atomic E-state index is 0.122. The van der Waals surface area contributed by atoms with Crippen molar-refractivity contribution in [3.63, 3.8) is 0 Å². The SMILES string of the molecule is CNC(=O)[C@@H](NC(=O)[C@H](OCc1ccccc1)[C@@H](O)[C@H](O)[C@@H](OCc1ccccc1)C(=O)N[C@H](C(=O)NC)C(C)C)C(C)C. The molecule has 6 N–H and O–H groups in total. The lowest BCUT2D eigenvalue weighted by Gasteiger charge is -2.32. The van der Waals surface area contributed by atoms with Gasteiger partial charge in [0.15, 0.2) is 12.2 Å². The number of hydrogen-bond acceptors (Lipinski definition) is 8. The number of amides is 4. The van der Waals surface area contributed by atoms with E-state index in [1.807, 2.05) is 0 Å². The fraction of sp³-hybridized carbons (Fsp3) is 0.500. The second-order valence-electron chi connectivity index (χ2n) is 11.1. The van der Waals surface area contributed by atoms with E-state index in [-0.39, 0.29) is 25.0 Å². The molecule has 0 saturated carbocycles. The number of carbonyl (C=O) groups excluding carboxylic acids is 4. The molecule has 0 spiro atoms. The molecule has 12 nitrogen and oxygen atoms in total. The summed E-state index contributed by atoms with van der Waals surface area (Å²) in [6, 6.07) is 15.8. The van der Waals surface area contributed by atoms with E-state index in [4.69, 9.17) is 9.47 Å². The van der Waals surface area contributed by atoms with Gasteiger partial charge in [-0.25, -0.2) is 0 Å². The standard InChI is InChI=1S/C32H46N4O8/c1-19(2)23(29(39)33-5)35-31(41)27(43-17-21-13-9-7-10-14-21)25(37)26(38)28(44-18-22-15-11-8-12-16-22)32(42)36-24(20(3)4)30(40)34-6/h7-16,19-20,23-28,37-38H,17-18H2,1-6H3,(H,33,39)(H,34,40)(H,35,41)(H,36,42)/t23-,24-,25-,26-,27+,28+/m0/s1. The molecular weight excluding hydrogens is 568 g/mol. The summed E-state index contributed by atoms with van der Waals surface area (Å²) in [6.07, 6.45) is -7.40. The van der Waals surface area contributed by atoms with Crippen molar-refractivity contribution < 1.29 is 38.9 Å². The molecule has 2 rings (SSSR count). The van der Waals surface area contributed by atoms with Crippen molar-refractivity contribution in [2.75, 3.05) is 14.1 Å². The zero-order valence-corrected chi connectivity index (χ0v) is 26.2. The second-order valence-corrected chi connectivity index (χ2v) is 11.1. The molecule has 0 saturated heterocycles. The average Bonchev–Trinajstić information content (AvgIpc) is 3.02. The van der Waals surface area contributed by atoms with E-state index in [9.17, 15) is 29.4 Å². The van der Waals surface area contributed by atoms with Crippen LogP contribution in [0.4, 0.5) is 0 Å². The first kappa shape index (κ1) is 36.4. The summed E-state index contributed by atoms with van der Waals surface area (Å²) in [5.74, 6) is -3.29. The van der Waals surface area contributed by atoms with Crippen LogP contribution in [0, 0.1) is 11.8 Å². The van der Waals surface area contributed by atoms with Crippen molar-refractivity contribution >= 4 is 23.6 Å². The maximum Gasteiger partial charge on any atom is 0.252 e. The molecule has 0 unspecified atom stereocenters. The van der Waals surface area contributed by atoms with Gasteiger partial charge in [-0.2, -0.15) is 0 Å². The molecule has 44 heavy (non-hydrogen) atoms. The van der Waals surface area contributed by atoms with Gasteiger partial charge in [-0.05, 0) is 23.0 Å². The number of aliphatic hydroxyl groups is 2. The molecule has 0 fully saturated rings. The average molecular weight is 615 g/mol. The van der Waals surface area contributed by atoms with E-state index in [1.54, 1.807) is 88.4 Å². The Morgan fingerprint density at radius 2 is 0.909 bits per heavy atom. The lowest BCUT2D eigenvalue weighted by molar-refractivity contribution is -0.171.